The molecular weight excluding hydrogens is 524 g/mol. The van der Waals surface area contributed by atoms with Crippen molar-refractivity contribution in [2.45, 2.75) is 91.9 Å². The van der Waals surface area contributed by atoms with Crippen molar-refractivity contribution in [2.75, 3.05) is 23.8 Å². The summed E-state index contributed by atoms with van der Waals surface area (Å²) >= 11 is 3.05. The first-order chi connectivity index (χ1) is 18.3. The first kappa shape index (κ1) is 29.8. The number of ether oxygens (including phenoxy) is 2. The van der Waals surface area contributed by atoms with E-state index >= 15 is 0 Å². The van der Waals surface area contributed by atoms with Gasteiger partial charge in [0.15, 0.2) is 0 Å². The maximum absolute atomic E-state index is 12.1. The lowest BCUT2D eigenvalue weighted by Crippen LogP contribution is -2.14. The fraction of sp³-hybridized carbons (Fsp3) is 0.571. The van der Waals surface area contributed by atoms with Gasteiger partial charge in [-0.3, -0.25) is 9.59 Å². The molecule has 0 spiro atoms. The number of fused-ring (bicyclic) bond motifs is 2. The van der Waals surface area contributed by atoms with Crippen LogP contribution in [0.1, 0.15) is 108 Å². The minimum absolute atomic E-state index is 0.0656. The molecule has 10 heteroatoms. The van der Waals surface area contributed by atoms with Gasteiger partial charge in [0.2, 0.25) is 11.8 Å². The summed E-state index contributed by atoms with van der Waals surface area (Å²) in [5.41, 5.74) is 3.34. The topological polar surface area (TPSA) is 111 Å². The molecule has 0 bridgehead atoms. The van der Waals surface area contributed by atoms with Crippen molar-refractivity contribution in [3.05, 3.63) is 32.0 Å². The maximum Gasteiger partial charge on any atom is 0.341 e. The van der Waals surface area contributed by atoms with Gasteiger partial charge >= 0.3 is 11.9 Å². The lowest BCUT2D eigenvalue weighted by Gasteiger charge is -2.12. The highest BCUT2D eigenvalue weighted by Crippen LogP contribution is 2.39. The number of rotatable bonds is 8. The molecule has 0 radical (unpaired) electrons. The first-order valence-corrected chi connectivity index (χ1v) is 15.2. The summed E-state index contributed by atoms with van der Waals surface area (Å²) in [7, 11) is 0. The van der Waals surface area contributed by atoms with Gasteiger partial charge in [0.25, 0.3) is 0 Å². The minimum Gasteiger partial charge on any atom is -0.462 e. The van der Waals surface area contributed by atoms with Crippen LogP contribution < -0.4 is 10.6 Å². The molecular formula is C28H38N2O6S2. The molecule has 208 valence electrons. The Labute approximate surface area is 232 Å². The predicted molar refractivity (Wildman–Crippen MR) is 152 cm³/mol. The van der Waals surface area contributed by atoms with Gasteiger partial charge < -0.3 is 20.1 Å². The molecule has 0 fully saturated rings. The molecule has 0 aliphatic heterocycles. The van der Waals surface area contributed by atoms with Gasteiger partial charge in [0.1, 0.15) is 10.0 Å². The van der Waals surface area contributed by atoms with Crippen LogP contribution in [0.5, 0.6) is 0 Å². The van der Waals surface area contributed by atoms with E-state index in [1.807, 2.05) is 0 Å². The number of hydrogen-bond donors (Lipinski definition) is 2. The van der Waals surface area contributed by atoms with Crippen LogP contribution in [0.3, 0.4) is 0 Å². The van der Waals surface area contributed by atoms with Gasteiger partial charge in [-0.1, -0.05) is 13.8 Å². The molecule has 0 unspecified atom stereocenters. The van der Waals surface area contributed by atoms with E-state index in [1.165, 1.54) is 32.4 Å². The number of anilines is 2. The maximum atomic E-state index is 12.1. The van der Waals surface area contributed by atoms with Gasteiger partial charge in [-0.05, 0) is 76.3 Å². The zero-order valence-electron chi connectivity index (χ0n) is 22.8. The average molecular weight is 563 g/mol. The van der Waals surface area contributed by atoms with Crippen LogP contribution >= 0.6 is 22.7 Å². The third kappa shape index (κ3) is 7.22. The summed E-state index contributed by atoms with van der Waals surface area (Å²) in [5.74, 6) is -0.755. The van der Waals surface area contributed by atoms with Crippen molar-refractivity contribution in [3.63, 3.8) is 0 Å². The Bertz CT molecular complexity index is 1080. The normalized spacial score (nSPS) is 13.8. The number of carbonyl (C=O) groups is 4. The van der Waals surface area contributed by atoms with Crippen LogP contribution in [0.4, 0.5) is 10.0 Å². The van der Waals surface area contributed by atoms with E-state index in [4.69, 9.17) is 9.47 Å². The van der Waals surface area contributed by atoms with Crippen molar-refractivity contribution >= 4 is 56.4 Å². The molecule has 2 amide bonds. The molecule has 0 atom stereocenters. The van der Waals surface area contributed by atoms with Crippen molar-refractivity contribution in [3.8, 4) is 0 Å². The standard InChI is InChI=1S/2C14H19NO3S/c2*1-3-11(16)15-13-12(14(17)18-4-2)9-7-5-6-8-10(9)19-13/h2*3-8H2,1-2H3,(H,15,16). The Hall–Kier alpha value is -2.72. The summed E-state index contributed by atoms with van der Waals surface area (Å²) in [6.07, 6.45) is 9.10. The third-order valence-corrected chi connectivity index (χ3v) is 8.86. The molecule has 0 saturated carbocycles. The van der Waals surface area contributed by atoms with Gasteiger partial charge in [0, 0.05) is 22.6 Å². The molecule has 2 N–H and O–H groups in total. The average Bonchev–Trinajstić information content (AvgIpc) is 3.46. The fourth-order valence-corrected chi connectivity index (χ4v) is 7.16. The highest BCUT2D eigenvalue weighted by atomic mass is 32.1. The molecule has 2 heterocycles. The molecule has 0 saturated heterocycles. The summed E-state index contributed by atoms with van der Waals surface area (Å²) in [4.78, 5) is 49.8. The lowest BCUT2D eigenvalue weighted by molar-refractivity contribution is -0.116. The first-order valence-electron chi connectivity index (χ1n) is 13.6. The second-order valence-corrected chi connectivity index (χ2v) is 11.3. The molecule has 4 rings (SSSR count). The molecule has 2 aliphatic carbocycles. The molecule has 2 aromatic heterocycles. The Kier molecular flexibility index (Phi) is 11.3. The number of carbonyl (C=O) groups excluding carboxylic acids is 4. The lowest BCUT2D eigenvalue weighted by atomic mass is 9.95. The van der Waals surface area contributed by atoms with E-state index in [-0.39, 0.29) is 23.8 Å². The van der Waals surface area contributed by atoms with Gasteiger partial charge in [-0.15, -0.1) is 22.7 Å². The van der Waals surface area contributed by atoms with Crippen LogP contribution in [-0.4, -0.2) is 37.0 Å². The Morgan fingerprint density at radius 2 is 1.00 bits per heavy atom. The summed E-state index contributed by atoms with van der Waals surface area (Å²) in [6, 6.07) is 0. The van der Waals surface area contributed by atoms with E-state index < -0.39 is 0 Å². The molecule has 2 aliphatic rings. The van der Waals surface area contributed by atoms with E-state index in [0.29, 0.717) is 47.2 Å². The molecule has 8 nitrogen and oxygen atoms in total. The highest BCUT2D eigenvalue weighted by molar-refractivity contribution is 7.17. The van der Waals surface area contributed by atoms with Crippen molar-refractivity contribution < 1.29 is 28.7 Å². The second-order valence-electron chi connectivity index (χ2n) is 9.07. The molecule has 2 aromatic rings. The van der Waals surface area contributed by atoms with Crippen LogP contribution in [0.25, 0.3) is 0 Å². The number of amides is 2. The summed E-state index contributed by atoms with van der Waals surface area (Å²) < 4.78 is 10.2. The van der Waals surface area contributed by atoms with Crippen LogP contribution in [0.15, 0.2) is 0 Å². The second kappa shape index (κ2) is 14.4. The number of thiophene rings is 2. The Morgan fingerprint density at radius 3 is 1.34 bits per heavy atom. The van der Waals surface area contributed by atoms with Gasteiger partial charge in [-0.2, -0.15) is 0 Å². The monoisotopic (exact) mass is 562 g/mol. The van der Waals surface area contributed by atoms with Crippen LogP contribution in [0.2, 0.25) is 0 Å². The summed E-state index contributed by atoms with van der Waals surface area (Å²) in [6.45, 7) is 7.89. The highest BCUT2D eigenvalue weighted by Gasteiger charge is 2.28. The van der Waals surface area contributed by atoms with E-state index in [1.54, 1.807) is 27.7 Å². The van der Waals surface area contributed by atoms with Gasteiger partial charge in [0.05, 0.1) is 24.3 Å². The largest absolute Gasteiger partial charge is 0.462 e. The number of hydrogen-bond acceptors (Lipinski definition) is 8. The smallest absolute Gasteiger partial charge is 0.341 e. The molecule has 0 aromatic carbocycles. The number of aryl methyl sites for hydroxylation is 2. The van der Waals surface area contributed by atoms with E-state index in [9.17, 15) is 19.2 Å². The fourth-order valence-electron chi connectivity index (χ4n) is 4.58. The van der Waals surface area contributed by atoms with E-state index in [0.717, 1.165) is 62.5 Å². The summed E-state index contributed by atoms with van der Waals surface area (Å²) in [5, 5.41) is 7.00. The quantitative estimate of drug-likeness (QED) is 0.365. The Morgan fingerprint density at radius 1 is 0.632 bits per heavy atom. The van der Waals surface area contributed by atoms with Crippen molar-refractivity contribution in [1.29, 1.82) is 0 Å². The van der Waals surface area contributed by atoms with Gasteiger partial charge in [-0.25, -0.2) is 9.59 Å². The van der Waals surface area contributed by atoms with Crippen LogP contribution in [0, 0.1) is 0 Å². The third-order valence-electron chi connectivity index (χ3n) is 6.45. The Balaban J connectivity index is 0.000000211. The zero-order valence-corrected chi connectivity index (χ0v) is 24.4. The minimum atomic E-state index is -0.312. The van der Waals surface area contributed by atoms with E-state index in [2.05, 4.69) is 10.6 Å². The van der Waals surface area contributed by atoms with Crippen molar-refractivity contribution in [1.82, 2.24) is 0 Å². The molecule has 38 heavy (non-hydrogen) atoms. The van der Waals surface area contributed by atoms with Crippen molar-refractivity contribution in [2.24, 2.45) is 0 Å². The number of esters is 2. The zero-order chi connectivity index (χ0) is 27.7. The SMILES string of the molecule is CCOC(=O)c1c(NC(=O)CC)sc2c1CCCC2.CCOC(=O)c1c(NC(=O)CC)sc2c1CCCC2. The predicted octanol–water partition coefficient (Wildman–Crippen LogP) is 6.30. The number of nitrogens with one attached hydrogen (secondary N) is 2. The van der Waals surface area contributed by atoms with Crippen LogP contribution in [-0.2, 0) is 44.7 Å².